The lowest BCUT2D eigenvalue weighted by atomic mass is 10.1. The first-order valence-corrected chi connectivity index (χ1v) is 6.74. The van der Waals surface area contributed by atoms with E-state index in [0.717, 1.165) is 6.42 Å². The minimum atomic E-state index is 1.12. The summed E-state index contributed by atoms with van der Waals surface area (Å²) in [4.78, 5) is 4.52. The third-order valence-electron chi connectivity index (χ3n) is 3.22. The second kappa shape index (κ2) is 6.39. The normalized spacial score (nSPS) is 10.9. The van der Waals surface area contributed by atoms with Gasteiger partial charge < -0.3 is 0 Å². The van der Waals surface area contributed by atoms with Crippen LogP contribution in [0.25, 0.3) is 10.8 Å². The fourth-order valence-electron chi connectivity index (χ4n) is 2.18. The molecule has 0 amide bonds. The maximum atomic E-state index is 4.52. The van der Waals surface area contributed by atoms with Crippen molar-refractivity contribution >= 4 is 10.8 Å². The van der Waals surface area contributed by atoms with Crippen molar-refractivity contribution in [1.82, 2.24) is 4.98 Å². The predicted octanol–water partition coefficient (Wildman–Crippen LogP) is 4.75. The van der Waals surface area contributed by atoms with Gasteiger partial charge in [-0.25, -0.2) is 0 Å². The SMILES string of the molecule is CCCCCCCc1cc2ccccc2cn1. The number of rotatable bonds is 6. The molecule has 1 heteroatoms. The summed E-state index contributed by atoms with van der Waals surface area (Å²) >= 11 is 0. The van der Waals surface area contributed by atoms with E-state index in [9.17, 15) is 0 Å². The molecule has 0 unspecified atom stereocenters. The van der Waals surface area contributed by atoms with Gasteiger partial charge in [-0.3, -0.25) is 4.98 Å². The van der Waals surface area contributed by atoms with Crippen molar-refractivity contribution in [2.45, 2.75) is 45.4 Å². The summed E-state index contributed by atoms with van der Waals surface area (Å²) in [5.74, 6) is 0. The molecule has 0 radical (unpaired) electrons. The van der Waals surface area contributed by atoms with E-state index in [-0.39, 0.29) is 0 Å². The number of aromatic nitrogens is 1. The lowest BCUT2D eigenvalue weighted by Crippen LogP contribution is -1.90. The first kappa shape index (κ1) is 12.1. The van der Waals surface area contributed by atoms with Gasteiger partial charge in [0.1, 0.15) is 0 Å². The van der Waals surface area contributed by atoms with Crippen LogP contribution in [0.15, 0.2) is 36.5 Å². The summed E-state index contributed by atoms with van der Waals surface area (Å²) in [6, 6.07) is 10.7. The van der Waals surface area contributed by atoms with Crippen molar-refractivity contribution in [3.05, 3.63) is 42.2 Å². The van der Waals surface area contributed by atoms with Crippen LogP contribution in [-0.4, -0.2) is 4.98 Å². The minimum absolute atomic E-state index is 1.12. The topological polar surface area (TPSA) is 12.9 Å². The van der Waals surface area contributed by atoms with Gasteiger partial charge in [-0.15, -0.1) is 0 Å². The first-order valence-electron chi connectivity index (χ1n) is 6.74. The molecule has 0 N–H and O–H groups in total. The van der Waals surface area contributed by atoms with Gasteiger partial charge in [-0.05, 0) is 24.3 Å². The van der Waals surface area contributed by atoms with Crippen LogP contribution in [0.3, 0.4) is 0 Å². The Bertz CT molecular complexity index is 462. The molecule has 0 saturated heterocycles. The monoisotopic (exact) mass is 227 g/mol. The van der Waals surface area contributed by atoms with Gasteiger partial charge in [-0.2, -0.15) is 0 Å². The highest BCUT2D eigenvalue weighted by molar-refractivity contribution is 5.81. The van der Waals surface area contributed by atoms with Crippen LogP contribution in [0, 0.1) is 0 Å². The second-order valence-corrected chi connectivity index (χ2v) is 4.69. The van der Waals surface area contributed by atoms with E-state index in [1.165, 1.54) is 48.6 Å². The van der Waals surface area contributed by atoms with Crippen molar-refractivity contribution < 1.29 is 0 Å². The minimum Gasteiger partial charge on any atom is -0.261 e. The second-order valence-electron chi connectivity index (χ2n) is 4.69. The molecule has 90 valence electrons. The van der Waals surface area contributed by atoms with Crippen LogP contribution < -0.4 is 0 Å². The average Bonchev–Trinajstić information content (AvgIpc) is 2.38. The molecule has 0 aliphatic carbocycles. The Morgan fingerprint density at radius 1 is 0.941 bits per heavy atom. The van der Waals surface area contributed by atoms with E-state index in [0.29, 0.717) is 0 Å². The molecular formula is C16H21N. The van der Waals surface area contributed by atoms with Gasteiger partial charge in [0.05, 0.1) is 0 Å². The molecular weight excluding hydrogens is 206 g/mol. The molecule has 0 atom stereocenters. The maximum Gasteiger partial charge on any atom is 0.0410 e. The lowest BCUT2D eigenvalue weighted by molar-refractivity contribution is 0.628. The highest BCUT2D eigenvalue weighted by Crippen LogP contribution is 2.15. The third-order valence-corrected chi connectivity index (χ3v) is 3.22. The van der Waals surface area contributed by atoms with E-state index in [2.05, 4.69) is 42.2 Å². The standard InChI is InChI=1S/C16H21N/c1-2-3-4-5-6-11-16-12-14-9-7-8-10-15(14)13-17-16/h7-10,12-13H,2-6,11H2,1H3. The van der Waals surface area contributed by atoms with E-state index in [1.807, 2.05) is 6.20 Å². The van der Waals surface area contributed by atoms with Crippen molar-refractivity contribution in [3.63, 3.8) is 0 Å². The van der Waals surface area contributed by atoms with Crippen LogP contribution in [0.1, 0.15) is 44.7 Å². The van der Waals surface area contributed by atoms with Crippen molar-refractivity contribution in [2.24, 2.45) is 0 Å². The molecule has 0 fully saturated rings. The van der Waals surface area contributed by atoms with Crippen LogP contribution in [0.4, 0.5) is 0 Å². The molecule has 1 aromatic carbocycles. The number of benzene rings is 1. The Morgan fingerprint density at radius 3 is 2.53 bits per heavy atom. The van der Waals surface area contributed by atoms with Crippen molar-refractivity contribution in [3.8, 4) is 0 Å². The zero-order chi connectivity index (χ0) is 11.9. The molecule has 1 aromatic heterocycles. The summed E-state index contributed by atoms with van der Waals surface area (Å²) in [5.41, 5.74) is 1.24. The zero-order valence-corrected chi connectivity index (χ0v) is 10.7. The van der Waals surface area contributed by atoms with Crippen molar-refractivity contribution in [2.75, 3.05) is 0 Å². The maximum absolute atomic E-state index is 4.52. The van der Waals surface area contributed by atoms with Gasteiger partial charge in [-0.1, -0.05) is 56.9 Å². The van der Waals surface area contributed by atoms with Gasteiger partial charge in [0.2, 0.25) is 0 Å². The molecule has 0 spiro atoms. The molecule has 17 heavy (non-hydrogen) atoms. The predicted molar refractivity (Wildman–Crippen MR) is 74.2 cm³/mol. The summed E-state index contributed by atoms with van der Waals surface area (Å²) in [7, 11) is 0. The van der Waals surface area contributed by atoms with Gasteiger partial charge in [0.15, 0.2) is 0 Å². The number of hydrogen-bond donors (Lipinski definition) is 0. The number of aryl methyl sites for hydroxylation is 1. The molecule has 0 aliphatic heterocycles. The highest BCUT2D eigenvalue weighted by atomic mass is 14.7. The molecule has 0 aliphatic rings. The van der Waals surface area contributed by atoms with Gasteiger partial charge in [0, 0.05) is 17.3 Å². The largest absolute Gasteiger partial charge is 0.261 e. The van der Waals surface area contributed by atoms with Crippen LogP contribution in [0.5, 0.6) is 0 Å². The number of nitrogens with zero attached hydrogens (tertiary/aromatic N) is 1. The fourth-order valence-corrected chi connectivity index (χ4v) is 2.18. The molecule has 0 saturated carbocycles. The molecule has 2 rings (SSSR count). The summed E-state index contributed by atoms with van der Waals surface area (Å²) in [6.45, 7) is 2.25. The Morgan fingerprint density at radius 2 is 1.71 bits per heavy atom. The fraction of sp³-hybridized carbons (Fsp3) is 0.438. The Hall–Kier alpha value is -1.37. The van der Waals surface area contributed by atoms with E-state index >= 15 is 0 Å². The van der Waals surface area contributed by atoms with Crippen molar-refractivity contribution in [1.29, 1.82) is 0 Å². The van der Waals surface area contributed by atoms with Gasteiger partial charge >= 0.3 is 0 Å². The third kappa shape index (κ3) is 3.55. The van der Waals surface area contributed by atoms with Crippen LogP contribution in [-0.2, 0) is 6.42 Å². The zero-order valence-electron chi connectivity index (χ0n) is 10.7. The Balaban J connectivity index is 1.90. The first-order chi connectivity index (χ1) is 8.40. The number of hydrogen-bond acceptors (Lipinski definition) is 1. The smallest absolute Gasteiger partial charge is 0.0410 e. The summed E-state index contributed by atoms with van der Waals surface area (Å²) in [5, 5.41) is 2.55. The Labute approximate surface area is 104 Å². The highest BCUT2D eigenvalue weighted by Gasteiger charge is 1.97. The quantitative estimate of drug-likeness (QED) is 0.649. The van der Waals surface area contributed by atoms with Gasteiger partial charge in [0.25, 0.3) is 0 Å². The van der Waals surface area contributed by atoms with E-state index in [1.54, 1.807) is 0 Å². The molecule has 0 bridgehead atoms. The molecule has 1 nitrogen and oxygen atoms in total. The van der Waals surface area contributed by atoms with Crippen LogP contribution in [0.2, 0.25) is 0 Å². The molecule has 1 heterocycles. The van der Waals surface area contributed by atoms with E-state index < -0.39 is 0 Å². The van der Waals surface area contributed by atoms with E-state index in [4.69, 9.17) is 0 Å². The molecule has 2 aromatic rings. The summed E-state index contributed by atoms with van der Waals surface area (Å²) < 4.78 is 0. The summed E-state index contributed by atoms with van der Waals surface area (Å²) in [6.07, 6.45) is 9.77. The Kier molecular flexibility index (Phi) is 4.54. The van der Waals surface area contributed by atoms with Crippen LogP contribution >= 0.6 is 0 Å². The lowest BCUT2D eigenvalue weighted by Gasteiger charge is -2.03. The number of unbranched alkanes of at least 4 members (excludes halogenated alkanes) is 4. The number of fused-ring (bicyclic) bond motifs is 1. The number of pyridine rings is 1. The average molecular weight is 227 g/mol.